The van der Waals surface area contributed by atoms with Crippen LogP contribution in [0.3, 0.4) is 0 Å². The highest BCUT2D eigenvalue weighted by molar-refractivity contribution is 5.87. The van der Waals surface area contributed by atoms with Crippen LogP contribution in [0.25, 0.3) is 0 Å². The number of esters is 1. The first kappa shape index (κ1) is 10.0. The Bertz CT molecular complexity index is 152. The number of allylic oxidation sites excluding steroid dienone is 1. The average Bonchev–Trinajstić information content (AvgIpc) is 2.00. The molecule has 0 heterocycles. The number of nitrogens with one attached hydrogen (secondary N) is 1. The molecule has 11 heavy (non-hydrogen) atoms. The molecular formula is C8H15NO2. The molecule has 0 amide bonds. The van der Waals surface area contributed by atoms with Crippen LogP contribution in [0.4, 0.5) is 0 Å². The van der Waals surface area contributed by atoms with Crippen molar-refractivity contribution in [2.24, 2.45) is 0 Å². The summed E-state index contributed by atoms with van der Waals surface area (Å²) in [4.78, 5) is 11.0. The maximum absolute atomic E-state index is 11.0. The number of ether oxygens (including phenoxy) is 1. The molecule has 0 radical (unpaired) electrons. The van der Waals surface area contributed by atoms with Crippen LogP contribution in [0, 0.1) is 0 Å². The van der Waals surface area contributed by atoms with Crippen LogP contribution in [0.1, 0.15) is 20.3 Å². The minimum Gasteiger partial charge on any atom is -0.461 e. The van der Waals surface area contributed by atoms with Gasteiger partial charge in [-0.2, -0.15) is 0 Å². The number of hydrogen-bond acceptors (Lipinski definition) is 3. The van der Waals surface area contributed by atoms with E-state index in [0.29, 0.717) is 12.3 Å². The summed E-state index contributed by atoms with van der Waals surface area (Å²) in [6.45, 7) is 4.18. The third kappa shape index (κ3) is 3.65. The zero-order valence-corrected chi connectivity index (χ0v) is 7.31. The Morgan fingerprint density at radius 1 is 1.55 bits per heavy atom. The predicted octanol–water partition coefficient (Wildman–Crippen LogP) is 1.06. The second-order valence-electron chi connectivity index (χ2n) is 2.00. The lowest BCUT2D eigenvalue weighted by molar-refractivity contribution is -0.138. The van der Waals surface area contributed by atoms with Gasteiger partial charge in [-0.25, -0.2) is 4.79 Å². The van der Waals surface area contributed by atoms with Crippen LogP contribution in [-0.4, -0.2) is 19.6 Å². The largest absolute Gasteiger partial charge is 0.461 e. The number of carbonyl (C=O) groups is 1. The molecule has 64 valence electrons. The van der Waals surface area contributed by atoms with Crippen molar-refractivity contribution >= 4 is 5.97 Å². The third-order valence-electron chi connectivity index (χ3n) is 1.17. The van der Waals surface area contributed by atoms with Gasteiger partial charge in [-0.3, -0.25) is 0 Å². The highest BCUT2D eigenvalue weighted by Crippen LogP contribution is 1.94. The molecule has 0 saturated heterocycles. The fourth-order valence-corrected chi connectivity index (χ4v) is 0.700. The van der Waals surface area contributed by atoms with Gasteiger partial charge < -0.3 is 10.1 Å². The first-order valence-electron chi connectivity index (χ1n) is 3.81. The lowest BCUT2D eigenvalue weighted by atomic mass is 10.3. The standard InChI is InChI=1S/C8H15NO2/c1-4-6-7(9-3)8(10)11-5-2/h6,9H,4-5H2,1-3H3/b7-6-. The Hall–Kier alpha value is -0.990. The first-order chi connectivity index (χ1) is 5.26. The van der Waals surface area contributed by atoms with Gasteiger partial charge >= 0.3 is 5.97 Å². The summed E-state index contributed by atoms with van der Waals surface area (Å²) < 4.78 is 4.78. The highest BCUT2D eigenvalue weighted by atomic mass is 16.5. The van der Waals surface area contributed by atoms with E-state index in [1.54, 1.807) is 20.0 Å². The molecule has 0 aliphatic rings. The van der Waals surface area contributed by atoms with Crippen LogP contribution < -0.4 is 5.32 Å². The van der Waals surface area contributed by atoms with Gasteiger partial charge in [0.2, 0.25) is 0 Å². The zero-order valence-electron chi connectivity index (χ0n) is 7.31. The Kier molecular flexibility index (Phi) is 5.25. The number of likely N-dealkylation sites (N-methyl/N-ethyl adjacent to an activating group) is 1. The summed E-state index contributed by atoms with van der Waals surface area (Å²) in [5.41, 5.74) is 0.536. The minimum absolute atomic E-state index is 0.281. The third-order valence-corrected chi connectivity index (χ3v) is 1.17. The molecule has 0 aromatic rings. The van der Waals surface area contributed by atoms with E-state index in [1.807, 2.05) is 6.92 Å². The van der Waals surface area contributed by atoms with Gasteiger partial charge in [-0.15, -0.1) is 0 Å². The van der Waals surface area contributed by atoms with Crippen molar-refractivity contribution in [1.29, 1.82) is 0 Å². The van der Waals surface area contributed by atoms with Crippen molar-refractivity contribution in [3.8, 4) is 0 Å². The van der Waals surface area contributed by atoms with Crippen molar-refractivity contribution < 1.29 is 9.53 Å². The molecule has 0 bridgehead atoms. The van der Waals surface area contributed by atoms with E-state index in [9.17, 15) is 4.79 Å². The van der Waals surface area contributed by atoms with Crippen LogP contribution >= 0.6 is 0 Å². The van der Waals surface area contributed by atoms with Crippen molar-refractivity contribution in [2.45, 2.75) is 20.3 Å². The van der Waals surface area contributed by atoms with Crippen molar-refractivity contribution in [1.82, 2.24) is 5.32 Å². The summed E-state index contributed by atoms with van der Waals surface area (Å²) in [5, 5.41) is 2.77. The molecule has 0 spiro atoms. The Labute approximate surface area is 67.4 Å². The van der Waals surface area contributed by atoms with Crippen molar-refractivity contribution in [2.75, 3.05) is 13.7 Å². The molecule has 3 nitrogen and oxygen atoms in total. The lowest BCUT2D eigenvalue weighted by Gasteiger charge is -2.04. The van der Waals surface area contributed by atoms with E-state index in [-0.39, 0.29) is 5.97 Å². The molecule has 0 aromatic carbocycles. The molecule has 0 rings (SSSR count). The van der Waals surface area contributed by atoms with Gasteiger partial charge in [0.25, 0.3) is 0 Å². The van der Waals surface area contributed by atoms with Crippen molar-refractivity contribution in [3.05, 3.63) is 11.8 Å². The normalized spacial score (nSPS) is 11.0. The fraction of sp³-hybridized carbons (Fsp3) is 0.625. The van der Waals surface area contributed by atoms with Crippen molar-refractivity contribution in [3.63, 3.8) is 0 Å². The Balaban J connectivity index is 4.03. The zero-order chi connectivity index (χ0) is 8.69. The average molecular weight is 157 g/mol. The van der Waals surface area contributed by atoms with E-state index in [4.69, 9.17) is 4.74 Å². The van der Waals surface area contributed by atoms with E-state index in [2.05, 4.69) is 5.32 Å². The smallest absolute Gasteiger partial charge is 0.354 e. The molecule has 0 fully saturated rings. The lowest BCUT2D eigenvalue weighted by Crippen LogP contribution is -2.18. The maximum atomic E-state index is 11.0. The summed E-state index contributed by atoms with van der Waals surface area (Å²) in [7, 11) is 1.71. The van der Waals surface area contributed by atoms with Crippen LogP contribution in [0.15, 0.2) is 11.8 Å². The molecule has 1 N–H and O–H groups in total. The molecule has 0 aromatic heterocycles. The van der Waals surface area contributed by atoms with E-state index < -0.39 is 0 Å². The van der Waals surface area contributed by atoms with Gasteiger partial charge in [0.05, 0.1) is 6.61 Å². The topological polar surface area (TPSA) is 38.3 Å². The van der Waals surface area contributed by atoms with E-state index in [1.165, 1.54) is 0 Å². The van der Waals surface area contributed by atoms with Gasteiger partial charge in [-0.1, -0.05) is 13.0 Å². The molecule has 3 heteroatoms. The van der Waals surface area contributed by atoms with Crippen LogP contribution in [-0.2, 0) is 9.53 Å². The molecule has 0 unspecified atom stereocenters. The number of carbonyl (C=O) groups excluding carboxylic acids is 1. The van der Waals surface area contributed by atoms with E-state index >= 15 is 0 Å². The molecule has 0 aliphatic carbocycles. The summed E-state index contributed by atoms with van der Waals surface area (Å²) in [5.74, 6) is -0.281. The Morgan fingerprint density at radius 3 is 2.55 bits per heavy atom. The molecular weight excluding hydrogens is 142 g/mol. The second-order valence-corrected chi connectivity index (χ2v) is 2.00. The van der Waals surface area contributed by atoms with Gasteiger partial charge in [0.1, 0.15) is 5.70 Å². The molecule has 0 aliphatic heterocycles. The van der Waals surface area contributed by atoms with Gasteiger partial charge in [-0.05, 0) is 13.3 Å². The maximum Gasteiger partial charge on any atom is 0.354 e. The molecule has 0 saturated carbocycles. The first-order valence-corrected chi connectivity index (χ1v) is 3.81. The monoisotopic (exact) mass is 157 g/mol. The SMILES string of the molecule is CC/C=C(\NC)C(=O)OCC. The fourth-order valence-electron chi connectivity index (χ4n) is 0.700. The minimum atomic E-state index is -0.281. The number of hydrogen-bond donors (Lipinski definition) is 1. The summed E-state index contributed by atoms with van der Waals surface area (Å²) in [6.07, 6.45) is 2.63. The van der Waals surface area contributed by atoms with E-state index in [0.717, 1.165) is 6.42 Å². The van der Waals surface area contributed by atoms with Gasteiger partial charge in [0, 0.05) is 7.05 Å². The Morgan fingerprint density at radius 2 is 2.18 bits per heavy atom. The van der Waals surface area contributed by atoms with Crippen LogP contribution in [0.5, 0.6) is 0 Å². The summed E-state index contributed by atoms with van der Waals surface area (Å²) in [6, 6.07) is 0. The molecule has 0 atom stereocenters. The second kappa shape index (κ2) is 5.77. The quantitative estimate of drug-likeness (QED) is 0.490. The van der Waals surface area contributed by atoms with Gasteiger partial charge in [0.15, 0.2) is 0 Å². The van der Waals surface area contributed by atoms with Crippen LogP contribution in [0.2, 0.25) is 0 Å². The number of rotatable bonds is 4. The predicted molar refractivity (Wildman–Crippen MR) is 44.1 cm³/mol. The summed E-state index contributed by atoms with van der Waals surface area (Å²) >= 11 is 0. The highest BCUT2D eigenvalue weighted by Gasteiger charge is 2.05.